The number of rotatable bonds is 3. The quantitative estimate of drug-likeness (QED) is 0.879. The molecule has 1 heterocycles. The third-order valence-corrected chi connectivity index (χ3v) is 4.01. The molecule has 0 atom stereocenters. The first-order valence-corrected chi connectivity index (χ1v) is 6.46. The number of nitrogens with zero attached hydrogens (tertiary/aromatic N) is 1. The summed E-state index contributed by atoms with van der Waals surface area (Å²) in [6.07, 6.45) is 6.67. The van der Waals surface area contributed by atoms with Gasteiger partial charge in [0.2, 0.25) is 0 Å². The molecule has 1 aromatic heterocycles. The van der Waals surface area contributed by atoms with Gasteiger partial charge in [0.25, 0.3) is 0 Å². The molecule has 1 aliphatic carbocycles. The zero-order valence-electron chi connectivity index (χ0n) is 9.02. The van der Waals surface area contributed by atoms with Crippen LogP contribution in [0.15, 0.2) is 24.3 Å². The van der Waals surface area contributed by atoms with Gasteiger partial charge in [0, 0.05) is 18.0 Å². The minimum Gasteiger partial charge on any atom is -0.327 e. The summed E-state index contributed by atoms with van der Waals surface area (Å²) in [4.78, 5) is 4.75. The van der Waals surface area contributed by atoms with E-state index < -0.39 is 0 Å². The maximum atomic E-state index is 5.48. The first kappa shape index (κ1) is 10.00. The van der Waals surface area contributed by atoms with Crippen LogP contribution in [0.1, 0.15) is 29.3 Å². The van der Waals surface area contributed by atoms with Gasteiger partial charge in [0.05, 0.1) is 15.2 Å². The number of fused-ring (bicyclic) bond motifs is 1. The normalized spacial score (nSPS) is 16.3. The minimum absolute atomic E-state index is 0.579. The highest BCUT2D eigenvalue weighted by Crippen LogP contribution is 2.43. The lowest BCUT2D eigenvalue weighted by Crippen LogP contribution is -1.92. The number of nitrogens with two attached hydrogens (primary N) is 1. The summed E-state index contributed by atoms with van der Waals surface area (Å²) < 4.78 is 1.29. The van der Waals surface area contributed by atoms with E-state index in [4.69, 9.17) is 10.7 Å². The van der Waals surface area contributed by atoms with Crippen LogP contribution in [0.3, 0.4) is 0 Å². The lowest BCUT2D eigenvalue weighted by Gasteiger charge is -1.93. The van der Waals surface area contributed by atoms with Crippen molar-refractivity contribution in [1.29, 1.82) is 0 Å². The van der Waals surface area contributed by atoms with Crippen LogP contribution in [0.5, 0.6) is 0 Å². The molecule has 0 amide bonds. The summed E-state index contributed by atoms with van der Waals surface area (Å²) in [6, 6.07) is 6.34. The van der Waals surface area contributed by atoms with Crippen molar-refractivity contribution < 1.29 is 0 Å². The molecule has 0 bridgehead atoms. The summed E-state index contributed by atoms with van der Waals surface area (Å²) in [5.41, 5.74) is 7.80. The largest absolute Gasteiger partial charge is 0.327 e. The second-order valence-corrected chi connectivity index (χ2v) is 5.22. The topological polar surface area (TPSA) is 38.9 Å². The fourth-order valence-corrected chi connectivity index (χ4v) is 2.99. The molecule has 0 saturated heterocycles. The Morgan fingerprint density at radius 3 is 3.06 bits per heavy atom. The Kier molecular flexibility index (Phi) is 2.50. The third kappa shape index (κ3) is 1.77. The maximum absolute atomic E-state index is 5.48. The van der Waals surface area contributed by atoms with Crippen molar-refractivity contribution in [2.75, 3.05) is 6.54 Å². The number of benzene rings is 1. The van der Waals surface area contributed by atoms with E-state index in [1.165, 1.54) is 28.1 Å². The van der Waals surface area contributed by atoms with Gasteiger partial charge in [0.1, 0.15) is 0 Å². The zero-order valence-corrected chi connectivity index (χ0v) is 9.83. The number of hydrogen-bond donors (Lipinski definition) is 1. The standard InChI is InChI=1S/C13H14N2S/c14-8-2-4-9-3-1-5-11-12(9)15-13(16-11)10-6-7-10/h1-5,10H,6-8,14H2/b4-2+. The fraction of sp³-hybridized carbons (Fsp3) is 0.308. The molecule has 2 aromatic rings. The first-order valence-electron chi connectivity index (χ1n) is 5.64. The molecule has 0 spiro atoms. The zero-order chi connectivity index (χ0) is 11.0. The Morgan fingerprint density at radius 2 is 2.31 bits per heavy atom. The predicted molar refractivity (Wildman–Crippen MR) is 69.7 cm³/mol. The number of aromatic nitrogens is 1. The number of thiazole rings is 1. The monoisotopic (exact) mass is 230 g/mol. The highest BCUT2D eigenvalue weighted by molar-refractivity contribution is 7.18. The van der Waals surface area contributed by atoms with Gasteiger partial charge in [-0.3, -0.25) is 0 Å². The Bertz CT molecular complexity index is 538. The molecule has 0 radical (unpaired) electrons. The van der Waals surface area contributed by atoms with Gasteiger partial charge in [-0.1, -0.05) is 24.3 Å². The van der Waals surface area contributed by atoms with Gasteiger partial charge in [-0.2, -0.15) is 0 Å². The van der Waals surface area contributed by atoms with E-state index in [-0.39, 0.29) is 0 Å². The minimum atomic E-state index is 0.579. The lowest BCUT2D eigenvalue weighted by molar-refractivity contribution is 1.10. The van der Waals surface area contributed by atoms with Crippen LogP contribution in [-0.4, -0.2) is 11.5 Å². The van der Waals surface area contributed by atoms with Crippen LogP contribution in [0.4, 0.5) is 0 Å². The SMILES string of the molecule is NC/C=C/c1cccc2sc(C3CC3)nc12. The molecule has 1 fully saturated rings. The van der Waals surface area contributed by atoms with Crippen LogP contribution in [0.25, 0.3) is 16.3 Å². The maximum Gasteiger partial charge on any atom is 0.0969 e. The smallest absolute Gasteiger partial charge is 0.0969 e. The number of hydrogen-bond acceptors (Lipinski definition) is 3. The van der Waals surface area contributed by atoms with Gasteiger partial charge < -0.3 is 5.73 Å². The number of para-hydroxylation sites is 1. The summed E-state index contributed by atoms with van der Waals surface area (Å²) in [5, 5.41) is 1.31. The van der Waals surface area contributed by atoms with Crippen molar-refractivity contribution in [1.82, 2.24) is 4.98 Å². The Morgan fingerprint density at radius 1 is 1.44 bits per heavy atom. The third-order valence-electron chi connectivity index (χ3n) is 2.83. The van der Waals surface area contributed by atoms with E-state index >= 15 is 0 Å². The second kappa shape index (κ2) is 4.00. The first-order chi connectivity index (χ1) is 7.88. The predicted octanol–water partition coefficient (Wildman–Crippen LogP) is 3.15. The van der Waals surface area contributed by atoms with Crippen LogP contribution < -0.4 is 5.73 Å². The molecule has 1 saturated carbocycles. The van der Waals surface area contributed by atoms with E-state index in [9.17, 15) is 0 Å². The van der Waals surface area contributed by atoms with Gasteiger partial charge >= 0.3 is 0 Å². The molecule has 3 rings (SSSR count). The fourth-order valence-electron chi connectivity index (χ4n) is 1.82. The van der Waals surface area contributed by atoms with E-state index in [1.807, 2.05) is 17.4 Å². The van der Waals surface area contributed by atoms with Crippen LogP contribution in [0.2, 0.25) is 0 Å². The van der Waals surface area contributed by atoms with Gasteiger partial charge in [-0.25, -0.2) is 4.98 Å². The van der Waals surface area contributed by atoms with Gasteiger partial charge in [-0.15, -0.1) is 11.3 Å². The van der Waals surface area contributed by atoms with Crippen molar-refractivity contribution in [3.05, 3.63) is 34.8 Å². The molecule has 3 heteroatoms. The molecule has 82 valence electrons. The molecule has 1 aliphatic rings. The van der Waals surface area contributed by atoms with Crippen molar-refractivity contribution in [3.8, 4) is 0 Å². The Hall–Kier alpha value is -1.19. The van der Waals surface area contributed by atoms with E-state index in [0.29, 0.717) is 6.54 Å². The average molecular weight is 230 g/mol. The second-order valence-electron chi connectivity index (χ2n) is 4.16. The van der Waals surface area contributed by atoms with Crippen LogP contribution in [0, 0.1) is 0 Å². The van der Waals surface area contributed by atoms with Crippen LogP contribution in [-0.2, 0) is 0 Å². The summed E-state index contributed by atoms with van der Waals surface area (Å²) in [5.74, 6) is 0.740. The highest BCUT2D eigenvalue weighted by Gasteiger charge is 2.27. The Labute approximate surface area is 98.8 Å². The van der Waals surface area contributed by atoms with Crippen molar-refractivity contribution in [3.63, 3.8) is 0 Å². The molecule has 0 unspecified atom stereocenters. The van der Waals surface area contributed by atoms with Crippen molar-refractivity contribution in [2.24, 2.45) is 5.73 Å². The molecule has 2 nitrogen and oxygen atoms in total. The molecule has 1 aromatic carbocycles. The Balaban J connectivity index is 2.09. The van der Waals surface area contributed by atoms with Crippen LogP contribution >= 0.6 is 11.3 Å². The van der Waals surface area contributed by atoms with Gasteiger partial charge in [-0.05, 0) is 18.9 Å². The lowest BCUT2D eigenvalue weighted by atomic mass is 10.2. The molecule has 16 heavy (non-hydrogen) atoms. The highest BCUT2D eigenvalue weighted by atomic mass is 32.1. The summed E-state index contributed by atoms with van der Waals surface area (Å²) in [7, 11) is 0. The van der Waals surface area contributed by atoms with Crippen molar-refractivity contribution >= 4 is 27.6 Å². The van der Waals surface area contributed by atoms with Gasteiger partial charge in [0.15, 0.2) is 0 Å². The van der Waals surface area contributed by atoms with E-state index in [1.54, 1.807) is 0 Å². The van der Waals surface area contributed by atoms with E-state index in [0.717, 1.165) is 11.4 Å². The summed E-state index contributed by atoms with van der Waals surface area (Å²) in [6.45, 7) is 0.579. The van der Waals surface area contributed by atoms with E-state index in [2.05, 4.69) is 24.3 Å². The van der Waals surface area contributed by atoms with Crippen molar-refractivity contribution in [2.45, 2.75) is 18.8 Å². The molecular weight excluding hydrogens is 216 g/mol. The molecular formula is C13H14N2S. The molecule has 0 aliphatic heterocycles. The summed E-state index contributed by atoms with van der Waals surface area (Å²) >= 11 is 1.84. The molecule has 2 N–H and O–H groups in total. The average Bonchev–Trinajstić information content (AvgIpc) is 3.06.